The number of hydrogen-bond donors (Lipinski definition) is 2. The van der Waals surface area contributed by atoms with Crippen molar-refractivity contribution in [2.75, 3.05) is 13.7 Å². The summed E-state index contributed by atoms with van der Waals surface area (Å²) in [5, 5.41) is 10.7. The van der Waals surface area contributed by atoms with Crippen LogP contribution in [0.15, 0.2) is 12.1 Å². The topological polar surface area (TPSA) is 55.5 Å². The van der Waals surface area contributed by atoms with Crippen LogP contribution >= 0.6 is 0 Å². The summed E-state index contributed by atoms with van der Waals surface area (Å²) >= 11 is 0. The van der Waals surface area contributed by atoms with Gasteiger partial charge in [0.15, 0.2) is 11.5 Å². The van der Waals surface area contributed by atoms with E-state index in [0.717, 1.165) is 18.4 Å². The maximum absolute atomic E-state index is 10.7. The first-order chi connectivity index (χ1) is 9.55. The molecule has 3 heteroatoms. The number of phenols is 1. The first kappa shape index (κ1) is 15.2. The van der Waals surface area contributed by atoms with Crippen molar-refractivity contribution >= 4 is 0 Å². The molecule has 1 saturated carbocycles. The van der Waals surface area contributed by atoms with Gasteiger partial charge in [0.25, 0.3) is 0 Å². The van der Waals surface area contributed by atoms with Crippen molar-refractivity contribution in [2.24, 2.45) is 5.73 Å². The normalized spacial score (nSPS) is 18.2. The number of methoxy groups -OCH3 is 1. The van der Waals surface area contributed by atoms with E-state index in [-0.39, 0.29) is 5.41 Å². The van der Waals surface area contributed by atoms with Gasteiger partial charge >= 0.3 is 0 Å². The Morgan fingerprint density at radius 1 is 1.25 bits per heavy atom. The van der Waals surface area contributed by atoms with Crippen molar-refractivity contribution in [2.45, 2.75) is 57.3 Å². The SMILES string of the molecule is COc1ccc(C(C)C)c(C2(CN)CCCCC2)c1O. The zero-order valence-corrected chi connectivity index (χ0v) is 12.9. The highest BCUT2D eigenvalue weighted by molar-refractivity contribution is 5.54. The van der Waals surface area contributed by atoms with E-state index >= 15 is 0 Å². The molecular weight excluding hydrogens is 250 g/mol. The monoisotopic (exact) mass is 277 g/mol. The number of ether oxygens (including phenoxy) is 1. The molecule has 0 radical (unpaired) electrons. The van der Waals surface area contributed by atoms with Crippen molar-refractivity contribution < 1.29 is 9.84 Å². The zero-order valence-electron chi connectivity index (χ0n) is 12.9. The molecule has 0 aromatic heterocycles. The second-order valence-electron chi connectivity index (χ2n) is 6.28. The number of benzene rings is 1. The fourth-order valence-corrected chi connectivity index (χ4v) is 3.58. The summed E-state index contributed by atoms with van der Waals surface area (Å²) in [5.41, 5.74) is 8.30. The van der Waals surface area contributed by atoms with Gasteiger partial charge < -0.3 is 15.6 Å². The van der Waals surface area contributed by atoms with Crippen LogP contribution in [0.5, 0.6) is 11.5 Å². The summed E-state index contributed by atoms with van der Waals surface area (Å²) in [4.78, 5) is 0. The number of phenolic OH excluding ortho intramolecular Hbond substituents is 1. The van der Waals surface area contributed by atoms with Gasteiger partial charge in [-0.25, -0.2) is 0 Å². The lowest BCUT2D eigenvalue weighted by Crippen LogP contribution is -2.38. The molecular formula is C17H27NO2. The van der Waals surface area contributed by atoms with E-state index in [1.807, 2.05) is 6.07 Å². The van der Waals surface area contributed by atoms with Crippen LogP contribution in [0.1, 0.15) is 63.0 Å². The van der Waals surface area contributed by atoms with E-state index in [1.54, 1.807) is 7.11 Å². The van der Waals surface area contributed by atoms with Gasteiger partial charge in [-0.1, -0.05) is 39.2 Å². The average molecular weight is 277 g/mol. The lowest BCUT2D eigenvalue weighted by molar-refractivity contribution is 0.282. The van der Waals surface area contributed by atoms with Crippen LogP contribution in [0.25, 0.3) is 0 Å². The van der Waals surface area contributed by atoms with Crippen LogP contribution in [0, 0.1) is 0 Å². The minimum atomic E-state index is -0.0868. The molecule has 0 unspecified atom stereocenters. The highest BCUT2D eigenvalue weighted by atomic mass is 16.5. The Hall–Kier alpha value is -1.22. The summed E-state index contributed by atoms with van der Waals surface area (Å²) in [6, 6.07) is 3.95. The van der Waals surface area contributed by atoms with Crippen molar-refractivity contribution in [3.05, 3.63) is 23.3 Å². The Labute approximate surface area is 122 Å². The van der Waals surface area contributed by atoms with Crippen LogP contribution in [0.4, 0.5) is 0 Å². The highest BCUT2D eigenvalue weighted by Crippen LogP contribution is 2.48. The molecule has 3 N–H and O–H groups in total. The third-order valence-corrected chi connectivity index (χ3v) is 4.75. The molecule has 0 amide bonds. The Kier molecular flexibility index (Phi) is 4.59. The Balaban J connectivity index is 2.62. The third kappa shape index (κ3) is 2.51. The van der Waals surface area contributed by atoms with Gasteiger partial charge in [0.2, 0.25) is 0 Å². The van der Waals surface area contributed by atoms with E-state index < -0.39 is 0 Å². The van der Waals surface area contributed by atoms with Crippen molar-refractivity contribution in [1.29, 1.82) is 0 Å². The molecule has 1 fully saturated rings. The summed E-state index contributed by atoms with van der Waals surface area (Å²) in [5.74, 6) is 1.22. The van der Waals surface area contributed by atoms with E-state index in [0.29, 0.717) is 24.0 Å². The van der Waals surface area contributed by atoms with E-state index in [9.17, 15) is 5.11 Å². The van der Waals surface area contributed by atoms with E-state index in [4.69, 9.17) is 10.5 Å². The van der Waals surface area contributed by atoms with Gasteiger partial charge in [-0.15, -0.1) is 0 Å². The quantitative estimate of drug-likeness (QED) is 0.882. The zero-order chi connectivity index (χ0) is 14.8. The molecule has 1 aromatic carbocycles. The van der Waals surface area contributed by atoms with Gasteiger partial charge in [-0.05, 0) is 30.4 Å². The van der Waals surface area contributed by atoms with Gasteiger partial charge in [0, 0.05) is 17.5 Å². The largest absolute Gasteiger partial charge is 0.504 e. The predicted molar refractivity (Wildman–Crippen MR) is 82.6 cm³/mol. The van der Waals surface area contributed by atoms with Crippen molar-refractivity contribution in [1.82, 2.24) is 0 Å². The molecule has 1 aliphatic carbocycles. The molecule has 0 spiro atoms. The number of aromatic hydroxyl groups is 1. The molecule has 0 saturated heterocycles. The van der Waals surface area contributed by atoms with Gasteiger partial charge in [0.05, 0.1) is 7.11 Å². The minimum absolute atomic E-state index is 0.0868. The first-order valence-electron chi connectivity index (χ1n) is 7.66. The molecule has 2 rings (SSSR count). The number of rotatable bonds is 4. The molecule has 112 valence electrons. The van der Waals surface area contributed by atoms with Crippen LogP contribution < -0.4 is 10.5 Å². The van der Waals surface area contributed by atoms with Gasteiger partial charge in [-0.3, -0.25) is 0 Å². The lowest BCUT2D eigenvalue weighted by atomic mass is 9.66. The third-order valence-electron chi connectivity index (χ3n) is 4.75. The Morgan fingerprint density at radius 3 is 2.40 bits per heavy atom. The fourth-order valence-electron chi connectivity index (χ4n) is 3.58. The van der Waals surface area contributed by atoms with Crippen molar-refractivity contribution in [3.63, 3.8) is 0 Å². The average Bonchev–Trinajstić information content (AvgIpc) is 2.47. The van der Waals surface area contributed by atoms with Crippen molar-refractivity contribution in [3.8, 4) is 11.5 Å². The second-order valence-corrected chi connectivity index (χ2v) is 6.28. The smallest absolute Gasteiger partial charge is 0.161 e. The summed E-state index contributed by atoms with van der Waals surface area (Å²) in [6.45, 7) is 4.92. The van der Waals surface area contributed by atoms with E-state index in [1.165, 1.54) is 24.8 Å². The molecule has 0 atom stereocenters. The van der Waals surface area contributed by atoms with Gasteiger partial charge in [0.1, 0.15) is 0 Å². The summed E-state index contributed by atoms with van der Waals surface area (Å²) in [6.07, 6.45) is 5.76. The Bertz CT molecular complexity index is 462. The van der Waals surface area contributed by atoms with Crippen LogP contribution in [0.2, 0.25) is 0 Å². The van der Waals surface area contributed by atoms with Crippen LogP contribution in [-0.2, 0) is 5.41 Å². The molecule has 20 heavy (non-hydrogen) atoms. The minimum Gasteiger partial charge on any atom is -0.504 e. The Morgan fingerprint density at radius 2 is 1.90 bits per heavy atom. The standard InChI is InChI=1S/C17H27NO2/c1-12(2)13-7-8-14(20-3)16(19)15(13)17(11-18)9-5-4-6-10-17/h7-8,12,19H,4-6,9-11,18H2,1-3H3. The van der Waals surface area contributed by atoms with Gasteiger partial charge in [-0.2, -0.15) is 0 Å². The second kappa shape index (κ2) is 6.04. The molecule has 0 bridgehead atoms. The molecule has 3 nitrogen and oxygen atoms in total. The predicted octanol–water partition coefficient (Wildman–Crippen LogP) is 3.68. The maximum atomic E-state index is 10.7. The van der Waals surface area contributed by atoms with E-state index in [2.05, 4.69) is 19.9 Å². The van der Waals surface area contributed by atoms with Crippen LogP contribution in [-0.4, -0.2) is 18.8 Å². The number of nitrogens with two attached hydrogens (primary N) is 1. The highest BCUT2D eigenvalue weighted by Gasteiger charge is 2.37. The first-order valence-corrected chi connectivity index (χ1v) is 7.66. The number of hydrogen-bond acceptors (Lipinski definition) is 3. The molecule has 1 aromatic rings. The summed E-state index contributed by atoms with van der Waals surface area (Å²) < 4.78 is 5.31. The maximum Gasteiger partial charge on any atom is 0.161 e. The lowest BCUT2D eigenvalue weighted by Gasteiger charge is -2.39. The fraction of sp³-hybridized carbons (Fsp3) is 0.647. The molecule has 0 aliphatic heterocycles. The summed E-state index contributed by atoms with van der Waals surface area (Å²) in [7, 11) is 1.60. The molecule has 1 aliphatic rings. The molecule has 0 heterocycles. The van der Waals surface area contributed by atoms with Crippen LogP contribution in [0.3, 0.4) is 0 Å².